The molecule has 0 saturated carbocycles. The Morgan fingerprint density at radius 3 is 1.75 bits per heavy atom. The third-order valence-electron chi connectivity index (χ3n) is 4.90. The molecule has 4 rings (SSSR count). The number of anilines is 2. The van der Waals surface area contributed by atoms with Crippen molar-refractivity contribution in [1.29, 1.82) is 0 Å². The largest absolute Gasteiger partial charge is 0.423 e. The summed E-state index contributed by atoms with van der Waals surface area (Å²) in [6.45, 7) is 2.27. The van der Waals surface area contributed by atoms with Gasteiger partial charge in [-0.3, -0.25) is 19.2 Å². The van der Waals surface area contributed by atoms with Gasteiger partial charge in [-0.05, 0) is 12.1 Å². The molecule has 0 bridgehead atoms. The highest BCUT2D eigenvalue weighted by Gasteiger charge is 2.19. The van der Waals surface area contributed by atoms with Gasteiger partial charge in [-0.1, -0.05) is 0 Å². The predicted molar refractivity (Wildman–Crippen MR) is 148 cm³/mol. The van der Waals surface area contributed by atoms with Crippen LogP contribution in [0.5, 0.6) is 0 Å². The molecule has 44 heavy (non-hydrogen) atoms. The number of nitrogens with zero attached hydrogens (tertiary/aromatic N) is 6. The summed E-state index contributed by atoms with van der Waals surface area (Å²) in [6, 6.07) is 7.03. The maximum Gasteiger partial charge on any atom is 0.394 e. The average Bonchev–Trinajstić information content (AvgIpc) is 3.52. The van der Waals surface area contributed by atoms with Gasteiger partial charge in [0.25, 0.3) is 17.1 Å². The standard InChI is InChI=1S/C11H12FN3O4.C11H13FN2O2.HNO3.H2O4S/c1-14(3-4-18-2)11-13-8-5-7(12)9(15(16)17)6-10(8)19-11;1-14(5-6-15-2)11-13-9-7-8(12)3-4-10(9)16-11;2-1(3)4;1-5(2,3)4/h5-6H,3-4H2,1-2H3;3-4,7H,5-6H2,1-2H3;(H,2,3,4);(H2,1,2,3,4). The first-order valence-electron chi connectivity index (χ1n) is 11.7. The Morgan fingerprint density at radius 2 is 1.32 bits per heavy atom. The van der Waals surface area contributed by atoms with E-state index in [-0.39, 0.29) is 22.9 Å². The van der Waals surface area contributed by atoms with Gasteiger partial charge in [-0.15, -0.1) is 10.1 Å². The van der Waals surface area contributed by atoms with E-state index in [1.54, 1.807) is 32.2 Å². The van der Waals surface area contributed by atoms with E-state index in [1.807, 2.05) is 11.9 Å². The highest BCUT2D eigenvalue weighted by Crippen LogP contribution is 2.27. The van der Waals surface area contributed by atoms with Crippen molar-refractivity contribution >= 4 is 50.3 Å². The van der Waals surface area contributed by atoms with Crippen molar-refractivity contribution < 1.29 is 59.8 Å². The Labute approximate surface area is 247 Å². The van der Waals surface area contributed by atoms with Gasteiger partial charge in [0.05, 0.1) is 24.2 Å². The van der Waals surface area contributed by atoms with Gasteiger partial charge in [0, 0.05) is 53.5 Å². The van der Waals surface area contributed by atoms with Crippen LogP contribution in [0.25, 0.3) is 22.2 Å². The molecule has 3 N–H and O–H groups in total. The maximum atomic E-state index is 13.4. The number of methoxy groups -OCH3 is 2. The molecule has 0 radical (unpaired) electrons. The zero-order valence-corrected chi connectivity index (χ0v) is 24.3. The van der Waals surface area contributed by atoms with Gasteiger partial charge in [0.1, 0.15) is 16.9 Å². The first-order chi connectivity index (χ1) is 20.5. The quantitative estimate of drug-likeness (QED) is 0.133. The lowest BCUT2D eigenvalue weighted by atomic mass is 10.3. The number of halogens is 2. The molecule has 0 amide bonds. The third kappa shape index (κ3) is 13.5. The van der Waals surface area contributed by atoms with E-state index < -0.39 is 31.9 Å². The van der Waals surface area contributed by atoms with E-state index in [0.29, 0.717) is 43.4 Å². The molecule has 0 saturated heterocycles. The predicted octanol–water partition coefficient (Wildman–Crippen LogP) is 3.01. The molecule has 0 aliphatic rings. The fourth-order valence-corrected chi connectivity index (χ4v) is 2.93. The van der Waals surface area contributed by atoms with Crippen LogP contribution in [0, 0.1) is 31.9 Å². The molecule has 0 aliphatic carbocycles. The summed E-state index contributed by atoms with van der Waals surface area (Å²) in [4.78, 5) is 29.9. The number of ether oxygens (including phenoxy) is 2. The second-order valence-electron chi connectivity index (χ2n) is 8.15. The number of benzene rings is 2. The van der Waals surface area contributed by atoms with E-state index in [0.717, 1.165) is 12.1 Å². The van der Waals surface area contributed by atoms with Crippen LogP contribution in [-0.2, 0) is 19.9 Å². The summed E-state index contributed by atoms with van der Waals surface area (Å²) >= 11 is 0. The SMILES string of the molecule is COCCN(C)c1nc2cc(F)c([N+](=O)[O-])cc2o1.COCCN(C)c1nc2cc(F)ccc2o1.O=S(=O)(O)O.O=[N+]([O-])O. The minimum Gasteiger partial charge on any atom is -0.423 e. The molecule has 22 heteroatoms. The Kier molecular flexibility index (Phi) is 14.7. The van der Waals surface area contributed by atoms with Gasteiger partial charge in [0.2, 0.25) is 5.82 Å². The number of likely N-dealkylation sites (N-methyl/N-ethyl adjacent to an activating group) is 2. The Balaban J connectivity index is 0.000000349. The number of oxazole rings is 2. The lowest BCUT2D eigenvalue weighted by Crippen LogP contribution is -2.22. The summed E-state index contributed by atoms with van der Waals surface area (Å²) in [5, 5.41) is 24.3. The van der Waals surface area contributed by atoms with E-state index in [9.17, 15) is 18.9 Å². The van der Waals surface area contributed by atoms with Crippen LogP contribution in [0.2, 0.25) is 0 Å². The minimum atomic E-state index is -4.67. The molecule has 0 fully saturated rings. The molecule has 0 spiro atoms. The van der Waals surface area contributed by atoms with Crippen molar-refractivity contribution in [3.05, 3.63) is 62.2 Å². The molecule has 2 heterocycles. The zero-order chi connectivity index (χ0) is 33.6. The Morgan fingerprint density at radius 1 is 0.886 bits per heavy atom. The number of nitro groups is 1. The first kappa shape index (κ1) is 37.3. The van der Waals surface area contributed by atoms with E-state index in [1.165, 1.54) is 12.1 Å². The lowest BCUT2D eigenvalue weighted by Gasteiger charge is -2.12. The van der Waals surface area contributed by atoms with Crippen LogP contribution in [0.1, 0.15) is 0 Å². The van der Waals surface area contributed by atoms with Crippen molar-refractivity contribution in [1.82, 2.24) is 9.97 Å². The lowest BCUT2D eigenvalue weighted by molar-refractivity contribution is -0.742. The average molecular weight is 655 g/mol. The number of aromatic nitrogens is 2. The van der Waals surface area contributed by atoms with Gasteiger partial charge in [-0.25, -0.2) is 4.39 Å². The summed E-state index contributed by atoms with van der Waals surface area (Å²) in [7, 11) is 2.11. The summed E-state index contributed by atoms with van der Waals surface area (Å²) in [5.74, 6) is -1.25. The second-order valence-corrected chi connectivity index (χ2v) is 9.04. The highest BCUT2D eigenvalue weighted by molar-refractivity contribution is 7.79. The fraction of sp³-hybridized carbons (Fsp3) is 0.364. The van der Waals surface area contributed by atoms with Crippen molar-refractivity contribution in [3.8, 4) is 0 Å². The van der Waals surface area contributed by atoms with Gasteiger partial charge < -0.3 is 33.3 Å². The van der Waals surface area contributed by atoms with Crippen LogP contribution in [0.3, 0.4) is 0 Å². The van der Waals surface area contributed by atoms with Crippen LogP contribution in [0.15, 0.2) is 39.2 Å². The van der Waals surface area contributed by atoms with E-state index in [4.69, 9.17) is 51.2 Å². The highest BCUT2D eigenvalue weighted by atomic mass is 32.3. The van der Waals surface area contributed by atoms with Crippen molar-refractivity contribution in [2.75, 3.05) is 64.4 Å². The molecule has 2 aromatic carbocycles. The number of rotatable bonds is 9. The normalized spacial score (nSPS) is 10.5. The molecule has 244 valence electrons. The molecule has 0 unspecified atom stereocenters. The molecular weight excluding hydrogens is 626 g/mol. The van der Waals surface area contributed by atoms with Crippen LogP contribution >= 0.6 is 0 Å². The Hall–Kier alpha value is -4.77. The monoisotopic (exact) mass is 654 g/mol. The third-order valence-corrected chi connectivity index (χ3v) is 4.90. The molecular formula is C22H28F2N6O13S. The summed E-state index contributed by atoms with van der Waals surface area (Å²) < 4.78 is 78.7. The molecule has 4 aromatic rings. The van der Waals surface area contributed by atoms with Crippen molar-refractivity contribution in [2.24, 2.45) is 0 Å². The van der Waals surface area contributed by atoms with E-state index >= 15 is 0 Å². The van der Waals surface area contributed by atoms with Crippen molar-refractivity contribution in [2.45, 2.75) is 0 Å². The minimum absolute atomic E-state index is 0.173. The smallest absolute Gasteiger partial charge is 0.394 e. The van der Waals surface area contributed by atoms with Crippen LogP contribution < -0.4 is 9.80 Å². The zero-order valence-electron chi connectivity index (χ0n) is 23.5. The summed E-state index contributed by atoms with van der Waals surface area (Å²) in [6.07, 6.45) is 0. The van der Waals surface area contributed by atoms with Crippen LogP contribution in [-0.4, -0.2) is 97.3 Å². The van der Waals surface area contributed by atoms with Gasteiger partial charge >= 0.3 is 16.1 Å². The number of nitro benzene ring substituents is 1. The van der Waals surface area contributed by atoms with Crippen molar-refractivity contribution in [3.63, 3.8) is 0 Å². The summed E-state index contributed by atoms with van der Waals surface area (Å²) in [5.41, 5.74) is 0.893. The van der Waals surface area contributed by atoms with Gasteiger partial charge in [-0.2, -0.15) is 22.8 Å². The van der Waals surface area contributed by atoms with E-state index in [2.05, 4.69) is 9.97 Å². The topological polar surface area (TPSA) is 258 Å². The molecule has 2 aromatic heterocycles. The first-order valence-corrected chi connectivity index (χ1v) is 13.1. The second kappa shape index (κ2) is 17.4. The fourth-order valence-electron chi connectivity index (χ4n) is 2.93. The number of hydrogen-bond acceptors (Lipinski definition) is 14. The molecule has 0 aliphatic heterocycles. The maximum absolute atomic E-state index is 13.4. The molecule has 0 atom stereocenters. The Bertz CT molecular complexity index is 1620. The number of hydrogen-bond donors (Lipinski definition) is 3. The van der Waals surface area contributed by atoms with Gasteiger partial charge in [0.15, 0.2) is 11.2 Å². The molecule has 19 nitrogen and oxygen atoms in total. The number of fused-ring (bicyclic) bond motifs is 2. The van der Waals surface area contributed by atoms with Crippen LogP contribution in [0.4, 0.5) is 26.5 Å².